The number of anilines is 3. The smallest absolute Gasteiger partial charge is 0.257 e. The molecule has 3 aromatic rings. The second kappa shape index (κ2) is 9.94. The van der Waals surface area contributed by atoms with Crippen LogP contribution in [0.15, 0.2) is 72.8 Å². The number of rotatable bonds is 7. The molecule has 0 bridgehead atoms. The first-order chi connectivity index (χ1) is 14.4. The van der Waals surface area contributed by atoms with E-state index in [2.05, 4.69) is 29.8 Å². The summed E-state index contributed by atoms with van der Waals surface area (Å²) in [5, 5.41) is 9.44. The molecule has 0 radical (unpaired) electrons. The van der Waals surface area contributed by atoms with E-state index >= 15 is 0 Å². The number of halogens is 1. The molecular formula is C24H24ClN3O2. The molecule has 0 saturated carbocycles. The van der Waals surface area contributed by atoms with Gasteiger partial charge in [-0.05, 0) is 53.9 Å². The first kappa shape index (κ1) is 21.4. The minimum absolute atomic E-state index is 0.0394. The first-order valence-electron chi connectivity index (χ1n) is 9.72. The van der Waals surface area contributed by atoms with Gasteiger partial charge in [-0.25, -0.2) is 0 Å². The van der Waals surface area contributed by atoms with Crippen molar-refractivity contribution in [2.45, 2.75) is 19.8 Å². The van der Waals surface area contributed by atoms with Crippen molar-refractivity contribution >= 4 is 40.5 Å². The lowest BCUT2D eigenvalue weighted by Crippen LogP contribution is -2.24. The number of amides is 2. The minimum atomic E-state index is -0.272. The summed E-state index contributed by atoms with van der Waals surface area (Å²) >= 11 is 5.89. The van der Waals surface area contributed by atoms with Gasteiger partial charge < -0.3 is 16.0 Å². The van der Waals surface area contributed by atoms with Gasteiger partial charge in [0.25, 0.3) is 5.91 Å². The molecule has 3 aromatic carbocycles. The Hall–Kier alpha value is -3.31. The molecule has 0 unspecified atom stereocenters. The van der Waals surface area contributed by atoms with Crippen LogP contribution in [0.25, 0.3) is 0 Å². The Balaban J connectivity index is 1.65. The average molecular weight is 422 g/mol. The highest BCUT2D eigenvalue weighted by molar-refractivity contribution is 6.30. The van der Waals surface area contributed by atoms with E-state index in [-0.39, 0.29) is 18.4 Å². The van der Waals surface area contributed by atoms with Crippen LogP contribution in [0.2, 0.25) is 5.02 Å². The number of para-hydroxylation sites is 2. The summed E-state index contributed by atoms with van der Waals surface area (Å²) in [5.41, 5.74) is 3.54. The van der Waals surface area contributed by atoms with Crippen molar-refractivity contribution in [1.29, 1.82) is 0 Å². The maximum Gasteiger partial charge on any atom is 0.257 e. The van der Waals surface area contributed by atoms with Gasteiger partial charge in [-0.1, -0.05) is 55.8 Å². The molecule has 2 amide bonds. The molecule has 0 atom stereocenters. The van der Waals surface area contributed by atoms with Crippen molar-refractivity contribution in [2.75, 3.05) is 22.5 Å². The van der Waals surface area contributed by atoms with E-state index in [1.54, 1.807) is 42.5 Å². The Labute approximate surface area is 181 Å². The van der Waals surface area contributed by atoms with Gasteiger partial charge in [0.1, 0.15) is 0 Å². The highest BCUT2D eigenvalue weighted by atomic mass is 35.5. The second-order valence-electron chi connectivity index (χ2n) is 7.15. The summed E-state index contributed by atoms with van der Waals surface area (Å²) in [6.45, 7) is 4.20. The summed E-state index contributed by atoms with van der Waals surface area (Å²) < 4.78 is 0. The van der Waals surface area contributed by atoms with E-state index in [9.17, 15) is 9.59 Å². The van der Waals surface area contributed by atoms with Gasteiger partial charge in [0.2, 0.25) is 5.91 Å². The van der Waals surface area contributed by atoms with Gasteiger partial charge in [-0.3, -0.25) is 9.59 Å². The zero-order chi connectivity index (χ0) is 21.5. The maximum absolute atomic E-state index is 12.7. The summed E-state index contributed by atoms with van der Waals surface area (Å²) in [6, 6.07) is 21.7. The zero-order valence-corrected chi connectivity index (χ0v) is 17.7. The molecule has 154 valence electrons. The molecule has 0 aliphatic heterocycles. The van der Waals surface area contributed by atoms with Crippen LogP contribution in [0.4, 0.5) is 17.1 Å². The fourth-order valence-electron chi connectivity index (χ4n) is 3.05. The van der Waals surface area contributed by atoms with Crippen LogP contribution in [-0.4, -0.2) is 18.4 Å². The molecule has 3 rings (SSSR count). The predicted octanol–water partition coefficient (Wildman–Crippen LogP) is 5.77. The Morgan fingerprint density at radius 2 is 1.47 bits per heavy atom. The van der Waals surface area contributed by atoms with E-state index in [0.717, 1.165) is 11.3 Å². The number of nitrogens with one attached hydrogen (secondary N) is 3. The number of carbonyl (C=O) groups excluding carboxylic acids is 2. The highest BCUT2D eigenvalue weighted by Gasteiger charge is 2.13. The maximum atomic E-state index is 12.7. The summed E-state index contributed by atoms with van der Waals surface area (Å²) in [7, 11) is 0. The zero-order valence-electron chi connectivity index (χ0n) is 16.9. The lowest BCUT2D eigenvalue weighted by Gasteiger charge is -2.15. The van der Waals surface area contributed by atoms with Crippen molar-refractivity contribution in [3.63, 3.8) is 0 Å². The van der Waals surface area contributed by atoms with Gasteiger partial charge in [0, 0.05) is 22.1 Å². The summed E-state index contributed by atoms with van der Waals surface area (Å²) in [5.74, 6) is -0.159. The monoisotopic (exact) mass is 421 g/mol. The number of hydrogen-bond acceptors (Lipinski definition) is 3. The van der Waals surface area contributed by atoms with Crippen LogP contribution in [0.3, 0.4) is 0 Å². The average Bonchev–Trinajstić information content (AvgIpc) is 2.74. The van der Waals surface area contributed by atoms with Gasteiger partial charge in [0.05, 0.1) is 12.1 Å². The third-order valence-corrected chi connectivity index (χ3v) is 4.82. The van der Waals surface area contributed by atoms with Crippen molar-refractivity contribution in [2.24, 2.45) is 0 Å². The third-order valence-electron chi connectivity index (χ3n) is 4.57. The standard InChI is InChI=1S/C24H24ClN3O2/c1-16(2)19-7-3-6-10-22(19)28-23(29)15-26-21-9-5-4-8-20(21)24(30)27-18-13-11-17(25)12-14-18/h3-14,16,26H,15H2,1-2H3,(H,27,30)(H,28,29). The molecule has 0 heterocycles. The van der Waals surface area contributed by atoms with E-state index < -0.39 is 0 Å². The summed E-state index contributed by atoms with van der Waals surface area (Å²) in [6.07, 6.45) is 0. The molecule has 3 N–H and O–H groups in total. The van der Waals surface area contributed by atoms with E-state index in [4.69, 9.17) is 11.6 Å². The van der Waals surface area contributed by atoms with Crippen molar-refractivity contribution in [3.05, 3.63) is 88.9 Å². The second-order valence-corrected chi connectivity index (χ2v) is 7.59. The molecule has 5 nitrogen and oxygen atoms in total. The van der Waals surface area contributed by atoms with Crippen LogP contribution in [0.1, 0.15) is 35.7 Å². The lowest BCUT2D eigenvalue weighted by molar-refractivity contribution is -0.114. The van der Waals surface area contributed by atoms with Crippen molar-refractivity contribution in [1.82, 2.24) is 0 Å². The molecule has 0 aliphatic carbocycles. The van der Waals surface area contributed by atoms with E-state index in [1.165, 1.54) is 0 Å². The Bertz CT molecular complexity index is 1030. The summed E-state index contributed by atoms with van der Waals surface area (Å²) in [4.78, 5) is 25.2. The number of hydrogen-bond donors (Lipinski definition) is 3. The van der Waals surface area contributed by atoms with Gasteiger partial charge in [-0.2, -0.15) is 0 Å². The van der Waals surface area contributed by atoms with E-state index in [0.29, 0.717) is 27.9 Å². The number of carbonyl (C=O) groups is 2. The molecular weight excluding hydrogens is 398 g/mol. The minimum Gasteiger partial charge on any atom is -0.376 e. The molecule has 0 saturated heterocycles. The quantitative estimate of drug-likeness (QED) is 0.453. The molecule has 0 aliphatic rings. The van der Waals surface area contributed by atoms with Crippen LogP contribution < -0.4 is 16.0 Å². The SMILES string of the molecule is CC(C)c1ccccc1NC(=O)CNc1ccccc1C(=O)Nc1ccc(Cl)cc1. The van der Waals surface area contributed by atoms with Gasteiger partial charge in [-0.15, -0.1) is 0 Å². The van der Waals surface area contributed by atoms with Crippen molar-refractivity contribution in [3.8, 4) is 0 Å². The van der Waals surface area contributed by atoms with Crippen LogP contribution in [0, 0.1) is 0 Å². The van der Waals surface area contributed by atoms with Crippen molar-refractivity contribution < 1.29 is 9.59 Å². The van der Waals surface area contributed by atoms with Crippen LogP contribution in [-0.2, 0) is 4.79 Å². The molecule has 0 aromatic heterocycles. The molecule has 30 heavy (non-hydrogen) atoms. The third kappa shape index (κ3) is 5.61. The molecule has 0 spiro atoms. The van der Waals surface area contributed by atoms with Crippen LogP contribution >= 0.6 is 11.6 Å². The topological polar surface area (TPSA) is 70.2 Å². The predicted molar refractivity (Wildman–Crippen MR) is 123 cm³/mol. The van der Waals surface area contributed by atoms with Crippen LogP contribution in [0.5, 0.6) is 0 Å². The van der Waals surface area contributed by atoms with Gasteiger partial charge in [0.15, 0.2) is 0 Å². The first-order valence-corrected chi connectivity index (χ1v) is 10.1. The normalized spacial score (nSPS) is 10.5. The molecule has 0 fully saturated rings. The largest absolute Gasteiger partial charge is 0.376 e. The molecule has 6 heteroatoms. The lowest BCUT2D eigenvalue weighted by atomic mass is 10.0. The highest BCUT2D eigenvalue weighted by Crippen LogP contribution is 2.24. The fraction of sp³-hybridized carbons (Fsp3) is 0.167. The Morgan fingerprint density at radius 1 is 0.833 bits per heavy atom. The van der Waals surface area contributed by atoms with E-state index in [1.807, 2.05) is 30.3 Å². The Kier molecular flexibility index (Phi) is 7.09. The Morgan fingerprint density at radius 3 is 2.17 bits per heavy atom. The number of benzene rings is 3. The van der Waals surface area contributed by atoms with Gasteiger partial charge >= 0.3 is 0 Å². The fourth-order valence-corrected chi connectivity index (χ4v) is 3.18.